The minimum absolute atomic E-state index is 0.346. The van der Waals surface area contributed by atoms with E-state index in [0.29, 0.717) is 17.7 Å². The van der Waals surface area contributed by atoms with Gasteiger partial charge < -0.3 is 4.74 Å². The Morgan fingerprint density at radius 1 is 1.71 bits per heavy atom. The number of ether oxygens (including phenoxy) is 1. The molecule has 78 valence electrons. The molecule has 1 amide bonds. The van der Waals surface area contributed by atoms with Crippen LogP contribution in [0.25, 0.3) is 0 Å². The molecule has 0 aliphatic heterocycles. The Hall–Kier alpha value is -1.10. The van der Waals surface area contributed by atoms with Crippen molar-refractivity contribution in [2.45, 2.75) is 20.8 Å². The molecule has 0 unspecified atom stereocenters. The molecule has 1 aromatic heterocycles. The lowest BCUT2D eigenvalue weighted by atomic mass is 10.2. The summed E-state index contributed by atoms with van der Waals surface area (Å²) >= 11 is 1.39. The second-order valence-corrected chi connectivity index (χ2v) is 4.27. The highest BCUT2D eigenvalue weighted by atomic mass is 32.1. The Morgan fingerprint density at radius 3 is 2.93 bits per heavy atom. The van der Waals surface area contributed by atoms with Crippen molar-refractivity contribution in [2.24, 2.45) is 5.92 Å². The van der Waals surface area contributed by atoms with E-state index in [2.05, 4.69) is 10.3 Å². The highest BCUT2D eigenvalue weighted by molar-refractivity contribution is 7.13. The van der Waals surface area contributed by atoms with Gasteiger partial charge in [0, 0.05) is 5.38 Å². The maximum atomic E-state index is 11.2. The number of amides is 1. The third-order valence-corrected chi connectivity index (χ3v) is 2.25. The number of carbonyl (C=O) groups is 1. The molecular weight excluding hydrogens is 200 g/mol. The Balaban J connectivity index is 2.34. The first-order valence-electron chi connectivity index (χ1n) is 4.44. The van der Waals surface area contributed by atoms with Crippen LogP contribution in [0.3, 0.4) is 0 Å². The third kappa shape index (κ3) is 3.74. The second-order valence-electron chi connectivity index (χ2n) is 3.41. The Morgan fingerprint density at radius 2 is 2.43 bits per heavy atom. The number of nitrogens with one attached hydrogen (secondary N) is 1. The summed E-state index contributed by atoms with van der Waals surface area (Å²) in [7, 11) is 0. The van der Waals surface area contributed by atoms with E-state index in [1.54, 1.807) is 0 Å². The number of thiazole rings is 1. The fourth-order valence-corrected chi connectivity index (χ4v) is 1.45. The molecule has 1 N–H and O–H groups in total. The Kier molecular flexibility index (Phi) is 3.88. The zero-order valence-corrected chi connectivity index (χ0v) is 9.35. The van der Waals surface area contributed by atoms with Gasteiger partial charge in [-0.2, -0.15) is 0 Å². The molecule has 0 aromatic carbocycles. The SMILES string of the molecule is Cc1csc(NC(=O)OCC(C)C)n1. The topological polar surface area (TPSA) is 51.2 Å². The largest absolute Gasteiger partial charge is 0.449 e. The molecule has 0 spiro atoms. The van der Waals surface area contributed by atoms with Gasteiger partial charge in [0.15, 0.2) is 5.13 Å². The summed E-state index contributed by atoms with van der Waals surface area (Å²) in [6.45, 7) is 6.28. The molecule has 0 aliphatic rings. The van der Waals surface area contributed by atoms with Gasteiger partial charge in [-0.25, -0.2) is 9.78 Å². The lowest BCUT2D eigenvalue weighted by Crippen LogP contribution is -2.16. The molecule has 0 aliphatic carbocycles. The number of rotatable bonds is 3. The second kappa shape index (κ2) is 4.95. The average molecular weight is 214 g/mol. The van der Waals surface area contributed by atoms with E-state index in [1.165, 1.54) is 11.3 Å². The summed E-state index contributed by atoms with van der Waals surface area (Å²) in [5.41, 5.74) is 0.897. The number of aryl methyl sites for hydroxylation is 1. The van der Waals surface area contributed by atoms with Gasteiger partial charge in [0.2, 0.25) is 0 Å². The number of aromatic nitrogens is 1. The van der Waals surface area contributed by atoms with Crippen molar-refractivity contribution < 1.29 is 9.53 Å². The van der Waals surface area contributed by atoms with Crippen LogP contribution >= 0.6 is 11.3 Å². The number of nitrogens with zero attached hydrogens (tertiary/aromatic N) is 1. The molecule has 5 heteroatoms. The Labute approximate surface area is 87.3 Å². The molecule has 0 saturated carbocycles. The molecule has 0 bridgehead atoms. The molecule has 4 nitrogen and oxygen atoms in total. The van der Waals surface area contributed by atoms with Gasteiger partial charge in [-0.15, -0.1) is 11.3 Å². The molecule has 0 fully saturated rings. The summed E-state index contributed by atoms with van der Waals surface area (Å²) in [6.07, 6.45) is -0.437. The van der Waals surface area contributed by atoms with Crippen molar-refractivity contribution >= 4 is 22.6 Å². The predicted octanol–water partition coefficient (Wildman–Crippen LogP) is 2.66. The summed E-state index contributed by atoms with van der Waals surface area (Å²) in [6, 6.07) is 0. The van der Waals surface area contributed by atoms with E-state index in [9.17, 15) is 4.79 Å². The first-order valence-corrected chi connectivity index (χ1v) is 5.32. The van der Waals surface area contributed by atoms with Crippen LogP contribution in [0.4, 0.5) is 9.93 Å². The van der Waals surface area contributed by atoms with Crippen molar-refractivity contribution in [1.29, 1.82) is 0 Å². The first kappa shape index (κ1) is 11.0. The van der Waals surface area contributed by atoms with E-state index >= 15 is 0 Å². The monoisotopic (exact) mass is 214 g/mol. The van der Waals surface area contributed by atoms with E-state index in [0.717, 1.165) is 5.69 Å². The van der Waals surface area contributed by atoms with Crippen LogP contribution in [0.1, 0.15) is 19.5 Å². The highest BCUT2D eigenvalue weighted by Gasteiger charge is 2.06. The number of carbonyl (C=O) groups excluding carboxylic acids is 1. The number of hydrogen-bond acceptors (Lipinski definition) is 4. The quantitative estimate of drug-likeness (QED) is 0.841. The fourth-order valence-electron chi connectivity index (χ4n) is 0.777. The van der Waals surface area contributed by atoms with Gasteiger partial charge in [0.1, 0.15) is 0 Å². The van der Waals surface area contributed by atoms with E-state index in [-0.39, 0.29) is 0 Å². The minimum atomic E-state index is -0.437. The van der Waals surface area contributed by atoms with Gasteiger partial charge in [-0.05, 0) is 12.8 Å². The molecule has 0 atom stereocenters. The number of anilines is 1. The molecule has 0 saturated heterocycles. The van der Waals surface area contributed by atoms with Crippen LogP contribution in [-0.2, 0) is 4.74 Å². The van der Waals surface area contributed by atoms with Gasteiger partial charge >= 0.3 is 6.09 Å². The molecular formula is C9H14N2O2S. The van der Waals surface area contributed by atoms with Crippen molar-refractivity contribution in [2.75, 3.05) is 11.9 Å². The van der Waals surface area contributed by atoms with Gasteiger partial charge in [0.05, 0.1) is 12.3 Å². The van der Waals surface area contributed by atoms with Crippen LogP contribution in [0, 0.1) is 12.8 Å². The van der Waals surface area contributed by atoms with Gasteiger partial charge in [-0.1, -0.05) is 13.8 Å². The molecule has 1 aromatic rings. The van der Waals surface area contributed by atoms with Crippen molar-refractivity contribution in [3.05, 3.63) is 11.1 Å². The fraction of sp³-hybridized carbons (Fsp3) is 0.556. The normalized spacial score (nSPS) is 10.3. The molecule has 1 heterocycles. The van der Waals surface area contributed by atoms with Gasteiger partial charge in [0.25, 0.3) is 0 Å². The average Bonchev–Trinajstić information content (AvgIpc) is 2.48. The maximum Gasteiger partial charge on any atom is 0.413 e. The lowest BCUT2D eigenvalue weighted by molar-refractivity contribution is 0.147. The highest BCUT2D eigenvalue weighted by Crippen LogP contribution is 2.14. The lowest BCUT2D eigenvalue weighted by Gasteiger charge is -2.06. The summed E-state index contributed by atoms with van der Waals surface area (Å²) in [5, 5.41) is 5.02. The standard InChI is InChI=1S/C9H14N2O2S/c1-6(2)4-13-9(12)11-8-10-7(3)5-14-8/h5-6H,4H2,1-3H3,(H,10,11,12). The van der Waals surface area contributed by atoms with Gasteiger partial charge in [-0.3, -0.25) is 5.32 Å². The number of hydrogen-bond donors (Lipinski definition) is 1. The smallest absolute Gasteiger partial charge is 0.413 e. The zero-order chi connectivity index (χ0) is 10.6. The Bertz CT molecular complexity index is 310. The molecule has 14 heavy (non-hydrogen) atoms. The van der Waals surface area contributed by atoms with Crippen molar-refractivity contribution in [3.63, 3.8) is 0 Å². The van der Waals surface area contributed by atoms with Crippen LogP contribution in [0.15, 0.2) is 5.38 Å². The maximum absolute atomic E-state index is 11.2. The molecule has 1 rings (SSSR count). The van der Waals surface area contributed by atoms with Crippen LogP contribution in [0.5, 0.6) is 0 Å². The summed E-state index contributed by atoms with van der Waals surface area (Å²) in [5.74, 6) is 0.346. The van der Waals surface area contributed by atoms with Crippen LogP contribution in [-0.4, -0.2) is 17.7 Å². The predicted molar refractivity (Wildman–Crippen MR) is 56.7 cm³/mol. The minimum Gasteiger partial charge on any atom is -0.449 e. The third-order valence-electron chi connectivity index (χ3n) is 1.38. The van der Waals surface area contributed by atoms with E-state index in [1.807, 2.05) is 26.2 Å². The zero-order valence-electron chi connectivity index (χ0n) is 8.53. The van der Waals surface area contributed by atoms with E-state index in [4.69, 9.17) is 4.74 Å². The van der Waals surface area contributed by atoms with E-state index < -0.39 is 6.09 Å². The molecule has 0 radical (unpaired) electrons. The van der Waals surface area contributed by atoms with Crippen LogP contribution < -0.4 is 5.32 Å². The summed E-state index contributed by atoms with van der Waals surface area (Å²) in [4.78, 5) is 15.2. The van der Waals surface area contributed by atoms with Crippen molar-refractivity contribution in [1.82, 2.24) is 4.98 Å². The summed E-state index contributed by atoms with van der Waals surface area (Å²) < 4.78 is 4.93. The van der Waals surface area contributed by atoms with Crippen molar-refractivity contribution in [3.8, 4) is 0 Å². The van der Waals surface area contributed by atoms with Crippen LogP contribution in [0.2, 0.25) is 0 Å². The first-order chi connectivity index (χ1) is 6.58.